The number of methoxy groups -OCH3 is 1. The summed E-state index contributed by atoms with van der Waals surface area (Å²) in [4.78, 5) is 22.6. The summed E-state index contributed by atoms with van der Waals surface area (Å²) in [6.07, 6.45) is 0. The van der Waals surface area contributed by atoms with Crippen LogP contribution in [0.2, 0.25) is 0 Å². The fraction of sp³-hybridized carbons (Fsp3) is 0.385. The highest BCUT2D eigenvalue weighted by molar-refractivity contribution is 5.75. The van der Waals surface area contributed by atoms with Gasteiger partial charge in [0, 0.05) is 13.2 Å². The van der Waals surface area contributed by atoms with Gasteiger partial charge in [-0.3, -0.25) is 4.79 Å². The lowest BCUT2D eigenvalue weighted by Gasteiger charge is -2.08. The number of hydrogen-bond donors (Lipinski definition) is 0. The number of esters is 2. The minimum Gasteiger partial charge on any atom is -0.426 e. The van der Waals surface area contributed by atoms with Crippen molar-refractivity contribution in [3.8, 4) is 11.5 Å². The summed E-state index contributed by atoms with van der Waals surface area (Å²) < 4.78 is 14.7. The molecule has 0 atom stereocenters. The normalized spacial score (nSPS) is 10.2. The number of benzene rings is 1. The lowest BCUT2D eigenvalue weighted by atomic mass is 10.2. The van der Waals surface area contributed by atoms with Gasteiger partial charge in [0.05, 0.1) is 5.92 Å². The minimum atomic E-state index is -0.509. The summed E-state index contributed by atoms with van der Waals surface area (Å²) >= 11 is 0. The van der Waals surface area contributed by atoms with Crippen molar-refractivity contribution in [2.24, 2.45) is 5.92 Å². The molecule has 1 aromatic rings. The molecule has 1 rings (SSSR count). The van der Waals surface area contributed by atoms with Crippen molar-refractivity contribution in [3.63, 3.8) is 0 Å². The first-order chi connectivity index (χ1) is 8.52. The van der Waals surface area contributed by atoms with E-state index < -0.39 is 5.97 Å². The van der Waals surface area contributed by atoms with Crippen LogP contribution in [0.5, 0.6) is 11.5 Å². The molecule has 0 bridgehead atoms. The zero-order valence-corrected chi connectivity index (χ0v) is 10.6. The fourth-order valence-electron chi connectivity index (χ4n) is 1.11. The third kappa shape index (κ3) is 4.55. The van der Waals surface area contributed by atoms with Gasteiger partial charge in [-0.1, -0.05) is 19.9 Å². The summed E-state index contributed by atoms with van der Waals surface area (Å²) in [6.45, 7) is 3.35. The lowest BCUT2D eigenvalue weighted by molar-refractivity contribution is -0.138. The van der Waals surface area contributed by atoms with Gasteiger partial charge in [0.15, 0.2) is 0 Å². The Bertz CT molecular complexity index is 425. The van der Waals surface area contributed by atoms with Crippen molar-refractivity contribution in [1.29, 1.82) is 0 Å². The van der Waals surface area contributed by atoms with E-state index in [4.69, 9.17) is 9.47 Å². The van der Waals surface area contributed by atoms with Crippen molar-refractivity contribution in [2.45, 2.75) is 13.8 Å². The van der Waals surface area contributed by atoms with Crippen molar-refractivity contribution >= 4 is 11.9 Å². The van der Waals surface area contributed by atoms with E-state index in [1.165, 1.54) is 13.2 Å². The van der Waals surface area contributed by atoms with Gasteiger partial charge >= 0.3 is 11.9 Å². The average molecular weight is 252 g/mol. The molecule has 0 N–H and O–H groups in total. The average Bonchev–Trinajstić information content (AvgIpc) is 2.29. The van der Waals surface area contributed by atoms with Crippen LogP contribution in [0, 0.1) is 5.92 Å². The van der Waals surface area contributed by atoms with Crippen molar-refractivity contribution in [1.82, 2.24) is 0 Å². The second-order valence-electron chi connectivity index (χ2n) is 3.96. The summed E-state index contributed by atoms with van der Waals surface area (Å²) in [5.74, 6) is -0.410. The van der Waals surface area contributed by atoms with E-state index in [0.717, 1.165) is 0 Å². The van der Waals surface area contributed by atoms with Crippen LogP contribution in [-0.4, -0.2) is 25.7 Å². The molecule has 5 nitrogen and oxygen atoms in total. The minimum absolute atomic E-state index is 0.129. The van der Waals surface area contributed by atoms with Gasteiger partial charge in [0.2, 0.25) is 0 Å². The van der Waals surface area contributed by atoms with Gasteiger partial charge in [-0.25, -0.2) is 4.79 Å². The molecule has 18 heavy (non-hydrogen) atoms. The zero-order chi connectivity index (χ0) is 13.5. The maximum Gasteiger partial charge on any atom is 0.337 e. The van der Waals surface area contributed by atoms with Crippen LogP contribution >= 0.6 is 0 Å². The third-order valence-electron chi connectivity index (χ3n) is 1.99. The van der Waals surface area contributed by atoms with E-state index in [9.17, 15) is 9.59 Å². The molecule has 0 heterocycles. The maximum absolute atomic E-state index is 11.4. The van der Waals surface area contributed by atoms with Gasteiger partial charge in [-0.2, -0.15) is 0 Å². The van der Waals surface area contributed by atoms with Gasteiger partial charge in [0.25, 0.3) is 0 Å². The van der Waals surface area contributed by atoms with Crippen molar-refractivity contribution in [3.05, 3.63) is 24.3 Å². The largest absolute Gasteiger partial charge is 0.426 e. The number of rotatable bonds is 5. The molecule has 1 aromatic carbocycles. The molecular formula is C13H16O5. The highest BCUT2D eigenvalue weighted by Crippen LogP contribution is 2.20. The van der Waals surface area contributed by atoms with Crippen molar-refractivity contribution < 1.29 is 23.8 Å². The van der Waals surface area contributed by atoms with Crippen LogP contribution < -0.4 is 9.47 Å². The van der Waals surface area contributed by atoms with E-state index in [1.54, 1.807) is 32.0 Å². The highest BCUT2D eigenvalue weighted by Gasteiger charge is 2.11. The van der Waals surface area contributed by atoms with Crippen LogP contribution in [0.3, 0.4) is 0 Å². The monoisotopic (exact) mass is 252 g/mol. The van der Waals surface area contributed by atoms with Crippen LogP contribution in [0.15, 0.2) is 24.3 Å². The standard InChI is InChI=1S/C13H16O5/c1-9(2)13(15)18-11-6-4-5-10(7-11)17-12(14)8-16-3/h4-7,9H,8H2,1-3H3. The Balaban J connectivity index is 2.67. The second kappa shape index (κ2) is 6.76. The number of carbonyl (C=O) groups is 2. The second-order valence-corrected chi connectivity index (χ2v) is 3.96. The van der Waals surface area contributed by atoms with E-state index in [-0.39, 0.29) is 18.5 Å². The molecule has 0 unspecified atom stereocenters. The lowest BCUT2D eigenvalue weighted by Crippen LogP contribution is -2.16. The summed E-state index contributed by atoms with van der Waals surface area (Å²) in [5.41, 5.74) is 0. The number of ether oxygens (including phenoxy) is 3. The first kappa shape index (κ1) is 14.2. The maximum atomic E-state index is 11.4. The molecule has 98 valence electrons. The van der Waals surface area contributed by atoms with Crippen molar-refractivity contribution in [2.75, 3.05) is 13.7 Å². The SMILES string of the molecule is COCC(=O)Oc1cccc(OC(=O)C(C)C)c1. The van der Waals surface area contributed by atoms with E-state index in [2.05, 4.69) is 4.74 Å². The highest BCUT2D eigenvalue weighted by atomic mass is 16.6. The Hall–Kier alpha value is -1.88. The molecule has 0 saturated carbocycles. The molecule has 0 radical (unpaired) electrons. The molecule has 0 saturated heterocycles. The molecule has 0 aliphatic rings. The first-order valence-electron chi connectivity index (χ1n) is 5.54. The van der Waals surface area contributed by atoms with Crippen LogP contribution in [0.1, 0.15) is 13.8 Å². The smallest absolute Gasteiger partial charge is 0.337 e. The molecule has 0 aliphatic heterocycles. The Morgan fingerprint density at radius 3 is 2.33 bits per heavy atom. The number of carbonyl (C=O) groups excluding carboxylic acids is 2. The molecular weight excluding hydrogens is 236 g/mol. The fourth-order valence-corrected chi connectivity index (χ4v) is 1.11. The van der Waals surface area contributed by atoms with Crippen LogP contribution in [-0.2, 0) is 14.3 Å². The molecule has 0 amide bonds. The van der Waals surface area contributed by atoms with E-state index >= 15 is 0 Å². The zero-order valence-electron chi connectivity index (χ0n) is 10.6. The molecule has 5 heteroatoms. The Kier molecular flexibility index (Phi) is 5.32. The van der Waals surface area contributed by atoms with E-state index in [1.807, 2.05) is 0 Å². The Morgan fingerprint density at radius 2 is 1.78 bits per heavy atom. The first-order valence-corrected chi connectivity index (χ1v) is 5.54. The molecule has 0 aliphatic carbocycles. The predicted octanol–water partition coefficient (Wildman–Crippen LogP) is 1.80. The summed E-state index contributed by atoms with van der Waals surface area (Å²) in [6, 6.07) is 6.33. The predicted molar refractivity (Wildman–Crippen MR) is 64.4 cm³/mol. The quantitative estimate of drug-likeness (QED) is 0.590. The van der Waals surface area contributed by atoms with Gasteiger partial charge in [-0.05, 0) is 12.1 Å². The van der Waals surface area contributed by atoms with Gasteiger partial charge in [-0.15, -0.1) is 0 Å². The van der Waals surface area contributed by atoms with Crippen LogP contribution in [0.25, 0.3) is 0 Å². The topological polar surface area (TPSA) is 61.8 Å². The summed E-state index contributed by atoms with van der Waals surface area (Å²) in [7, 11) is 1.40. The van der Waals surface area contributed by atoms with E-state index in [0.29, 0.717) is 11.5 Å². The van der Waals surface area contributed by atoms with Gasteiger partial charge in [0.1, 0.15) is 18.1 Å². The Labute approximate surface area is 106 Å². The molecule has 0 aromatic heterocycles. The number of hydrogen-bond acceptors (Lipinski definition) is 5. The van der Waals surface area contributed by atoms with Gasteiger partial charge < -0.3 is 14.2 Å². The third-order valence-corrected chi connectivity index (χ3v) is 1.99. The summed E-state index contributed by atoms with van der Waals surface area (Å²) in [5, 5.41) is 0. The molecule has 0 spiro atoms. The molecule has 0 fully saturated rings. The van der Waals surface area contributed by atoms with Crippen LogP contribution in [0.4, 0.5) is 0 Å². The Morgan fingerprint density at radius 1 is 1.17 bits per heavy atom.